The van der Waals surface area contributed by atoms with Crippen LogP contribution in [-0.2, 0) is 11.8 Å². The molecule has 4 nitrogen and oxygen atoms in total. The molecule has 1 spiro atoms. The summed E-state index contributed by atoms with van der Waals surface area (Å²) in [6.07, 6.45) is 6.97. The fraction of sp³-hybridized carbons (Fsp3) is 0.636. The monoisotopic (exact) mass is 354 g/mol. The predicted octanol–water partition coefficient (Wildman–Crippen LogP) is 2.17. The Morgan fingerprint density at radius 3 is 3.12 bits per heavy atom. The second-order valence-corrected chi connectivity index (χ2v) is 8.60. The molecule has 1 unspecified atom stereocenters. The average Bonchev–Trinajstić information content (AvgIpc) is 3.00. The Hall–Kier alpha value is -1.36. The molecule has 2 bridgehead atoms. The zero-order valence-electron chi connectivity index (χ0n) is 15.7. The van der Waals surface area contributed by atoms with E-state index in [1.54, 1.807) is 0 Å². The van der Waals surface area contributed by atoms with Crippen molar-refractivity contribution in [2.45, 2.75) is 56.2 Å². The molecule has 140 valence electrons. The van der Waals surface area contributed by atoms with Crippen LogP contribution in [-0.4, -0.2) is 54.4 Å². The topological polar surface area (TPSA) is 44.7 Å². The molecule has 5 rings (SSSR count). The van der Waals surface area contributed by atoms with Gasteiger partial charge in [-0.3, -0.25) is 4.90 Å². The van der Waals surface area contributed by atoms with Gasteiger partial charge in [0.25, 0.3) is 0 Å². The highest BCUT2D eigenvalue weighted by Gasteiger charge is 2.65. The van der Waals surface area contributed by atoms with Gasteiger partial charge >= 0.3 is 0 Å². The van der Waals surface area contributed by atoms with E-state index in [1.807, 2.05) is 0 Å². The first-order valence-electron chi connectivity index (χ1n) is 10.2. The summed E-state index contributed by atoms with van der Waals surface area (Å²) in [5.74, 6) is 1.84. The summed E-state index contributed by atoms with van der Waals surface area (Å²) in [6.45, 7) is 9.14. The molecule has 1 aromatic carbocycles. The number of hydrogen-bond acceptors (Lipinski definition) is 4. The van der Waals surface area contributed by atoms with Gasteiger partial charge < -0.3 is 15.2 Å². The zero-order valence-corrected chi connectivity index (χ0v) is 15.7. The molecule has 1 saturated heterocycles. The third-order valence-corrected chi connectivity index (χ3v) is 7.53. The van der Waals surface area contributed by atoms with Crippen molar-refractivity contribution in [1.82, 2.24) is 10.2 Å². The number of aliphatic hydroxyl groups is 1. The lowest BCUT2D eigenvalue weighted by atomic mass is 9.51. The van der Waals surface area contributed by atoms with Gasteiger partial charge in [0.05, 0.1) is 6.61 Å². The summed E-state index contributed by atoms with van der Waals surface area (Å²) < 4.78 is 6.73. The molecule has 4 heteroatoms. The van der Waals surface area contributed by atoms with Crippen LogP contribution in [0.2, 0.25) is 0 Å². The van der Waals surface area contributed by atoms with Crippen LogP contribution in [0.5, 0.6) is 5.75 Å². The van der Waals surface area contributed by atoms with Crippen molar-refractivity contribution >= 4 is 0 Å². The maximum Gasteiger partial charge on any atom is 0.126 e. The molecule has 2 heterocycles. The van der Waals surface area contributed by atoms with E-state index in [2.05, 4.69) is 41.9 Å². The minimum Gasteiger partial charge on any atom is -0.487 e. The number of nitrogens with one attached hydrogen (secondary N) is 1. The van der Waals surface area contributed by atoms with E-state index in [9.17, 15) is 5.11 Å². The highest BCUT2D eigenvalue weighted by molar-refractivity contribution is 5.58. The SMILES string of the molecule is C=CCN1CC[C@@]23c4c5ccc(C)c4O[C@@H]2C(NCCO)CC[C@@H]3[C@@H]1C5. The second kappa shape index (κ2) is 6.08. The van der Waals surface area contributed by atoms with Gasteiger partial charge in [0.2, 0.25) is 0 Å². The number of rotatable bonds is 5. The Bertz CT molecular complexity index is 733. The average molecular weight is 354 g/mol. The number of hydrogen-bond donors (Lipinski definition) is 2. The summed E-state index contributed by atoms with van der Waals surface area (Å²) in [5.41, 5.74) is 4.48. The molecule has 1 saturated carbocycles. The van der Waals surface area contributed by atoms with Crippen molar-refractivity contribution in [2.24, 2.45) is 5.92 Å². The molecule has 2 aliphatic heterocycles. The highest BCUT2D eigenvalue weighted by atomic mass is 16.5. The molecule has 1 aromatic rings. The highest BCUT2D eigenvalue weighted by Crippen LogP contribution is 2.62. The van der Waals surface area contributed by atoms with E-state index in [0.717, 1.165) is 25.9 Å². The van der Waals surface area contributed by atoms with Crippen LogP contribution in [0.3, 0.4) is 0 Å². The van der Waals surface area contributed by atoms with Crippen LogP contribution in [0.15, 0.2) is 24.8 Å². The lowest BCUT2D eigenvalue weighted by Gasteiger charge is -2.59. The third-order valence-electron chi connectivity index (χ3n) is 7.53. The van der Waals surface area contributed by atoms with E-state index in [-0.39, 0.29) is 18.1 Å². The quantitative estimate of drug-likeness (QED) is 0.796. The Labute approximate surface area is 156 Å². The minimum absolute atomic E-state index is 0.155. The van der Waals surface area contributed by atoms with Crippen molar-refractivity contribution in [1.29, 1.82) is 0 Å². The number of aryl methyl sites for hydroxylation is 1. The maximum absolute atomic E-state index is 9.31. The van der Waals surface area contributed by atoms with Crippen molar-refractivity contribution in [2.75, 3.05) is 26.2 Å². The van der Waals surface area contributed by atoms with Gasteiger partial charge in [-0.05, 0) is 56.2 Å². The summed E-state index contributed by atoms with van der Waals surface area (Å²) in [5, 5.41) is 12.9. The third kappa shape index (κ3) is 2.07. The van der Waals surface area contributed by atoms with E-state index in [0.29, 0.717) is 24.5 Å². The largest absolute Gasteiger partial charge is 0.487 e. The summed E-state index contributed by atoms with van der Waals surface area (Å²) in [4.78, 5) is 2.66. The molecule has 0 aromatic heterocycles. The van der Waals surface area contributed by atoms with Crippen molar-refractivity contribution in [3.05, 3.63) is 41.5 Å². The number of likely N-dealkylation sites (tertiary alicyclic amines) is 1. The fourth-order valence-corrected chi connectivity index (χ4v) is 6.63. The van der Waals surface area contributed by atoms with Crippen LogP contribution >= 0.6 is 0 Å². The van der Waals surface area contributed by atoms with Gasteiger partial charge in [0, 0.05) is 36.2 Å². The Morgan fingerprint density at radius 2 is 2.31 bits per heavy atom. The van der Waals surface area contributed by atoms with Gasteiger partial charge in [-0.25, -0.2) is 0 Å². The summed E-state index contributed by atoms with van der Waals surface area (Å²) in [6, 6.07) is 5.54. The fourth-order valence-electron chi connectivity index (χ4n) is 6.63. The van der Waals surface area contributed by atoms with E-state index in [1.165, 1.54) is 35.3 Å². The second-order valence-electron chi connectivity index (χ2n) is 8.60. The standard InChI is InChI=1S/C22H30N2O2/c1-3-10-24-11-8-22-16-6-7-17(23-9-12-25)21(22)26-20-14(2)4-5-15(19(20)22)13-18(16)24/h3-5,16-18,21,23,25H,1,6-13H2,2H3/t16-,17?,18+,21-,22-/m1/s1. The molecule has 2 fully saturated rings. The Morgan fingerprint density at radius 1 is 1.42 bits per heavy atom. The van der Waals surface area contributed by atoms with Crippen molar-refractivity contribution < 1.29 is 9.84 Å². The summed E-state index contributed by atoms with van der Waals surface area (Å²) >= 11 is 0. The molecular formula is C22H30N2O2. The normalized spacial score (nSPS) is 37.2. The zero-order chi connectivity index (χ0) is 17.9. The van der Waals surface area contributed by atoms with Gasteiger partial charge in [-0.1, -0.05) is 18.2 Å². The molecule has 0 amide bonds. The van der Waals surface area contributed by atoms with Gasteiger partial charge in [0.1, 0.15) is 11.9 Å². The molecular weight excluding hydrogens is 324 g/mol. The smallest absolute Gasteiger partial charge is 0.126 e. The lowest BCUT2D eigenvalue weighted by molar-refractivity contribution is -0.0618. The van der Waals surface area contributed by atoms with Crippen LogP contribution in [0, 0.1) is 12.8 Å². The minimum atomic E-state index is 0.155. The van der Waals surface area contributed by atoms with Crippen LogP contribution in [0.25, 0.3) is 0 Å². The van der Waals surface area contributed by atoms with Crippen LogP contribution < -0.4 is 10.1 Å². The number of aliphatic hydroxyl groups excluding tert-OH is 1. The van der Waals surface area contributed by atoms with Gasteiger partial charge in [-0.15, -0.1) is 6.58 Å². The molecule has 2 aliphatic carbocycles. The summed E-state index contributed by atoms with van der Waals surface area (Å²) in [7, 11) is 0. The maximum atomic E-state index is 9.31. The number of piperidine rings is 1. The van der Waals surface area contributed by atoms with Crippen LogP contribution in [0.1, 0.15) is 36.0 Å². The number of benzene rings is 1. The molecule has 26 heavy (non-hydrogen) atoms. The molecule has 2 N–H and O–H groups in total. The number of nitrogens with zero attached hydrogens (tertiary/aromatic N) is 1. The van der Waals surface area contributed by atoms with Crippen LogP contribution in [0.4, 0.5) is 0 Å². The predicted molar refractivity (Wildman–Crippen MR) is 103 cm³/mol. The van der Waals surface area contributed by atoms with Gasteiger partial charge in [0.15, 0.2) is 0 Å². The first-order chi connectivity index (χ1) is 12.7. The number of ether oxygens (including phenoxy) is 1. The van der Waals surface area contributed by atoms with E-state index < -0.39 is 0 Å². The molecule has 4 aliphatic rings. The first kappa shape index (κ1) is 16.8. The molecule has 5 atom stereocenters. The molecule has 0 radical (unpaired) electrons. The van der Waals surface area contributed by atoms with Crippen molar-refractivity contribution in [3.63, 3.8) is 0 Å². The first-order valence-corrected chi connectivity index (χ1v) is 10.2. The van der Waals surface area contributed by atoms with E-state index in [4.69, 9.17) is 4.74 Å². The Kier molecular flexibility index (Phi) is 3.93. The van der Waals surface area contributed by atoms with Gasteiger partial charge in [-0.2, -0.15) is 0 Å². The van der Waals surface area contributed by atoms with E-state index >= 15 is 0 Å². The lowest BCUT2D eigenvalue weighted by Crippen LogP contribution is -2.68. The Balaban J connectivity index is 1.63. The van der Waals surface area contributed by atoms with Crippen molar-refractivity contribution in [3.8, 4) is 5.75 Å².